The maximum absolute atomic E-state index is 12.6. The van der Waals surface area contributed by atoms with E-state index in [0.717, 1.165) is 19.3 Å². The lowest BCUT2D eigenvalue weighted by Gasteiger charge is -2.40. The third kappa shape index (κ3) is 1.10. The Morgan fingerprint density at radius 3 is 2.83 bits per heavy atom. The number of aryl methyl sites for hydroxylation is 1. The Morgan fingerprint density at radius 2 is 2.11 bits per heavy atom. The second-order valence-electron chi connectivity index (χ2n) is 6.19. The van der Waals surface area contributed by atoms with E-state index < -0.39 is 0 Å². The van der Waals surface area contributed by atoms with E-state index in [9.17, 15) is 4.79 Å². The molecule has 92 valence electrons. The number of ketones is 1. The van der Waals surface area contributed by atoms with Crippen LogP contribution in [-0.2, 0) is 16.6 Å². The van der Waals surface area contributed by atoms with Crippen LogP contribution in [0.15, 0.2) is 30.4 Å². The van der Waals surface area contributed by atoms with Gasteiger partial charge in [-0.15, -0.1) is 0 Å². The molecule has 3 aliphatic rings. The van der Waals surface area contributed by atoms with Crippen LogP contribution >= 0.6 is 0 Å². The molecule has 0 amide bonds. The lowest BCUT2D eigenvalue weighted by Crippen LogP contribution is -2.43. The van der Waals surface area contributed by atoms with Crippen LogP contribution in [0, 0.1) is 18.8 Å². The lowest BCUT2D eigenvalue weighted by molar-refractivity contribution is -0.126. The van der Waals surface area contributed by atoms with Gasteiger partial charge < -0.3 is 0 Å². The van der Waals surface area contributed by atoms with E-state index in [-0.39, 0.29) is 5.41 Å². The molecule has 0 heterocycles. The number of rotatable bonds is 0. The molecule has 1 fully saturated rings. The molecule has 0 aliphatic heterocycles. The average Bonchev–Trinajstić information content (AvgIpc) is 2.96. The summed E-state index contributed by atoms with van der Waals surface area (Å²) in [7, 11) is 0. The predicted molar refractivity (Wildman–Crippen MR) is 71.5 cm³/mol. The minimum atomic E-state index is -0.154. The summed E-state index contributed by atoms with van der Waals surface area (Å²) in [5.41, 5.74) is 4.03. The zero-order valence-electron chi connectivity index (χ0n) is 10.8. The fourth-order valence-electron chi connectivity index (χ4n) is 4.55. The summed E-state index contributed by atoms with van der Waals surface area (Å²) in [6, 6.07) is 6.53. The fraction of sp³-hybridized carbons (Fsp3) is 0.471. The monoisotopic (exact) mass is 238 g/mol. The van der Waals surface area contributed by atoms with Crippen molar-refractivity contribution in [3.8, 4) is 0 Å². The quantitative estimate of drug-likeness (QED) is 0.633. The number of hydrogen-bond acceptors (Lipinski definition) is 1. The fourth-order valence-corrected chi connectivity index (χ4v) is 4.55. The Balaban J connectivity index is 1.97. The summed E-state index contributed by atoms with van der Waals surface area (Å²) in [6.07, 6.45) is 8.58. The van der Waals surface area contributed by atoms with Crippen molar-refractivity contribution in [3.63, 3.8) is 0 Å². The van der Waals surface area contributed by atoms with E-state index in [4.69, 9.17) is 0 Å². The van der Waals surface area contributed by atoms with Gasteiger partial charge >= 0.3 is 0 Å². The van der Waals surface area contributed by atoms with Crippen molar-refractivity contribution in [2.45, 2.75) is 38.0 Å². The van der Waals surface area contributed by atoms with Crippen molar-refractivity contribution in [2.75, 3.05) is 0 Å². The largest absolute Gasteiger partial charge is 0.299 e. The Labute approximate surface area is 108 Å². The number of fused-ring (bicyclic) bond motifs is 5. The first-order valence-corrected chi connectivity index (χ1v) is 7.02. The highest BCUT2D eigenvalue weighted by atomic mass is 16.1. The first-order chi connectivity index (χ1) is 8.72. The van der Waals surface area contributed by atoms with Gasteiger partial charge in [0.2, 0.25) is 0 Å². The molecule has 4 rings (SSSR count). The van der Waals surface area contributed by atoms with E-state index in [0.29, 0.717) is 17.6 Å². The first-order valence-electron chi connectivity index (χ1n) is 7.02. The van der Waals surface area contributed by atoms with Crippen molar-refractivity contribution in [3.05, 3.63) is 47.0 Å². The Bertz CT molecular complexity index is 569. The predicted octanol–water partition coefficient (Wildman–Crippen LogP) is 3.34. The summed E-state index contributed by atoms with van der Waals surface area (Å²) in [5.74, 6) is 1.61. The summed E-state index contributed by atoms with van der Waals surface area (Å²) in [4.78, 5) is 12.6. The molecule has 2 bridgehead atoms. The van der Waals surface area contributed by atoms with Gasteiger partial charge in [0.25, 0.3) is 0 Å². The van der Waals surface area contributed by atoms with E-state index in [2.05, 4.69) is 37.3 Å². The standard InChI is InChI=1S/C17H18O/c1-11-3-2-4-15-14(11)7-8-16(18)17(15)10-12-5-6-13(17)9-12/h2-6,12-13H,7-10H2,1H3. The second kappa shape index (κ2) is 3.34. The molecule has 3 atom stereocenters. The normalized spacial score (nSPS) is 36.4. The van der Waals surface area contributed by atoms with Crippen molar-refractivity contribution in [1.82, 2.24) is 0 Å². The van der Waals surface area contributed by atoms with Gasteiger partial charge in [-0.05, 0) is 54.7 Å². The molecule has 3 aliphatic carbocycles. The van der Waals surface area contributed by atoms with E-state index in [1.165, 1.54) is 23.1 Å². The molecule has 0 radical (unpaired) electrons. The van der Waals surface area contributed by atoms with Gasteiger partial charge in [-0.3, -0.25) is 4.79 Å². The van der Waals surface area contributed by atoms with Crippen LogP contribution < -0.4 is 0 Å². The van der Waals surface area contributed by atoms with Crippen molar-refractivity contribution >= 4 is 5.78 Å². The van der Waals surface area contributed by atoms with Gasteiger partial charge in [0.1, 0.15) is 5.78 Å². The summed E-state index contributed by atoms with van der Waals surface area (Å²) in [6.45, 7) is 2.19. The zero-order chi connectivity index (χ0) is 12.3. The van der Waals surface area contributed by atoms with Crippen LogP contribution in [0.4, 0.5) is 0 Å². The van der Waals surface area contributed by atoms with Crippen LogP contribution in [0.5, 0.6) is 0 Å². The van der Waals surface area contributed by atoms with Gasteiger partial charge in [-0.2, -0.15) is 0 Å². The van der Waals surface area contributed by atoms with E-state index in [1.54, 1.807) is 0 Å². The second-order valence-corrected chi connectivity index (χ2v) is 6.19. The summed E-state index contributed by atoms with van der Waals surface area (Å²) < 4.78 is 0. The molecule has 0 saturated heterocycles. The molecule has 1 heteroatoms. The Morgan fingerprint density at radius 1 is 1.22 bits per heavy atom. The minimum absolute atomic E-state index is 0.154. The topological polar surface area (TPSA) is 17.1 Å². The van der Waals surface area contributed by atoms with Gasteiger partial charge in [-0.1, -0.05) is 30.4 Å². The van der Waals surface area contributed by atoms with Crippen LogP contribution in [0.25, 0.3) is 0 Å². The highest BCUT2D eigenvalue weighted by Gasteiger charge is 2.55. The van der Waals surface area contributed by atoms with Gasteiger partial charge in [0.15, 0.2) is 0 Å². The third-order valence-electron chi connectivity index (χ3n) is 5.38. The maximum Gasteiger partial charge on any atom is 0.144 e. The van der Waals surface area contributed by atoms with E-state index in [1.807, 2.05) is 0 Å². The number of carbonyl (C=O) groups excluding carboxylic acids is 1. The molecule has 3 unspecified atom stereocenters. The highest BCUT2D eigenvalue weighted by molar-refractivity contribution is 5.94. The third-order valence-corrected chi connectivity index (χ3v) is 5.38. The number of benzene rings is 1. The first kappa shape index (κ1) is 10.5. The molecular weight excluding hydrogens is 220 g/mol. The molecule has 1 aromatic carbocycles. The van der Waals surface area contributed by atoms with Gasteiger partial charge in [0, 0.05) is 6.42 Å². The zero-order valence-corrected chi connectivity index (χ0v) is 10.8. The molecule has 0 N–H and O–H groups in total. The maximum atomic E-state index is 12.6. The van der Waals surface area contributed by atoms with Gasteiger partial charge in [-0.25, -0.2) is 0 Å². The number of hydrogen-bond donors (Lipinski definition) is 0. The smallest absolute Gasteiger partial charge is 0.144 e. The van der Waals surface area contributed by atoms with Gasteiger partial charge in [0.05, 0.1) is 5.41 Å². The van der Waals surface area contributed by atoms with Crippen molar-refractivity contribution < 1.29 is 4.79 Å². The molecule has 1 saturated carbocycles. The highest BCUT2D eigenvalue weighted by Crippen LogP contribution is 2.56. The Kier molecular flexibility index (Phi) is 1.96. The number of Topliss-reactive ketones (excluding diaryl/α,β-unsaturated/α-hetero) is 1. The Hall–Kier alpha value is -1.37. The number of carbonyl (C=O) groups is 1. The average molecular weight is 238 g/mol. The van der Waals surface area contributed by atoms with E-state index >= 15 is 0 Å². The van der Waals surface area contributed by atoms with Crippen LogP contribution in [0.1, 0.15) is 36.0 Å². The van der Waals surface area contributed by atoms with Crippen LogP contribution in [0.2, 0.25) is 0 Å². The SMILES string of the molecule is Cc1cccc2c1CCC(=O)C21CC2C=CC1C2. The van der Waals surface area contributed by atoms with Crippen molar-refractivity contribution in [1.29, 1.82) is 0 Å². The summed E-state index contributed by atoms with van der Waals surface area (Å²) >= 11 is 0. The molecular formula is C17H18O. The van der Waals surface area contributed by atoms with Crippen molar-refractivity contribution in [2.24, 2.45) is 11.8 Å². The lowest BCUT2D eigenvalue weighted by atomic mass is 9.62. The number of allylic oxidation sites excluding steroid dienone is 2. The molecule has 1 spiro atoms. The molecule has 0 aromatic heterocycles. The molecule has 18 heavy (non-hydrogen) atoms. The summed E-state index contributed by atoms with van der Waals surface area (Å²) in [5, 5.41) is 0. The van der Waals surface area contributed by atoms with Crippen LogP contribution in [-0.4, -0.2) is 5.78 Å². The molecule has 1 nitrogen and oxygen atoms in total. The molecule has 1 aromatic rings. The van der Waals surface area contributed by atoms with Crippen LogP contribution in [0.3, 0.4) is 0 Å². The minimum Gasteiger partial charge on any atom is -0.299 e.